The molecular weight excluding hydrogens is 232 g/mol. The van der Waals surface area contributed by atoms with Crippen LogP contribution < -0.4 is 0 Å². The lowest BCUT2D eigenvalue weighted by Gasteiger charge is -1.96. The van der Waals surface area contributed by atoms with Crippen molar-refractivity contribution in [1.29, 1.82) is 0 Å². The van der Waals surface area contributed by atoms with Crippen LogP contribution in [0.4, 0.5) is 0 Å². The van der Waals surface area contributed by atoms with E-state index in [1.165, 1.54) is 5.56 Å². The van der Waals surface area contributed by atoms with Gasteiger partial charge in [0.25, 0.3) is 5.24 Å². The van der Waals surface area contributed by atoms with Crippen LogP contribution in [0.15, 0.2) is 54.6 Å². The number of aryl methyl sites for hydroxylation is 2. The molecule has 0 aliphatic heterocycles. The van der Waals surface area contributed by atoms with Gasteiger partial charge in [0.15, 0.2) is 0 Å². The highest BCUT2D eigenvalue weighted by Gasteiger charge is 2.02. The largest absolute Gasteiger partial charge is 0.276 e. The molecule has 0 amide bonds. The summed E-state index contributed by atoms with van der Waals surface area (Å²) in [5, 5.41) is -0.391. The van der Waals surface area contributed by atoms with Gasteiger partial charge in [-0.1, -0.05) is 54.1 Å². The monoisotopic (exact) mass is 246 g/mol. The molecule has 0 bridgehead atoms. The smallest absolute Gasteiger partial charge is 0.252 e. The predicted octanol–water partition coefficient (Wildman–Crippen LogP) is 4.37. The molecule has 2 aromatic carbocycles. The Labute approximate surface area is 107 Å². The fraction of sp³-hybridized carbons (Fsp3) is 0.133. The highest BCUT2D eigenvalue weighted by Crippen LogP contribution is 2.08. The normalized spacial score (nSPS) is 9.12. The third-order valence-corrected chi connectivity index (χ3v) is 2.50. The van der Waals surface area contributed by atoms with Crippen molar-refractivity contribution in [1.82, 2.24) is 0 Å². The fourth-order valence-electron chi connectivity index (χ4n) is 1.33. The van der Waals surface area contributed by atoms with E-state index in [1.54, 1.807) is 12.1 Å². The SMILES string of the molecule is Cc1ccccc1.Cc1ccccc1C(=O)Cl. The summed E-state index contributed by atoms with van der Waals surface area (Å²) >= 11 is 5.27. The first-order chi connectivity index (χ1) is 8.11. The number of carbonyl (C=O) groups excluding carboxylic acids is 1. The number of halogens is 1. The fourth-order valence-corrected chi connectivity index (χ4v) is 1.54. The zero-order chi connectivity index (χ0) is 12.7. The van der Waals surface area contributed by atoms with E-state index in [9.17, 15) is 4.79 Å². The lowest BCUT2D eigenvalue weighted by atomic mass is 10.1. The molecule has 0 unspecified atom stereocenters. The van der Waals surface area contributed by atoms with Crippen LogP contribution in [0.5, 0.6) is 0 Å². The van der Waals surface area contributed by atoms with Crippen molar-refractivity contribution in [3.05, 3.63) is 71.3 Å². The van der Waals surface area contributed by atoms with Crippen LogP contribution in [0.3, 0.4) is 0 Å². The molecule has 0 spiro atoms. The summed E-state index contributed by atoms with van der Waals surface area (Å²) in [7, 11) is 0. The number of benzene rings is 2. The van der Waals surface area contributed by atoms with Gasteiger partial charge in [-0.05, 0) is 37.1 Å². The first-order valence-electron chi connectivity index (χ1n) is 5.38. The van der Waals surface area contributed by atoms with Crippen LogP contribution >= 0.6 is 11.6 Å². The van der Waals surface area contributed by atoms with Crippen LogP contribution in [-0.4, -0.2) is 5.24 Å². The summed E-state index contributed by atoms with van der Waals surface area (Å²) in [5.41, 5.74) is 2.83. The first kappa shape index (κ1) is 13.5. The van der Waals surface area contributed by atoms with Crippen molar-refractivity contribution in [3.8, 4) is 0 Å². The van der Waals surface area contributed by atoms with Gasteiger partial charge < -0.3 is 0 Å². The molecule has 2 aromatic rings. The van der Waals surface area contributed by atoms with Crippen molar-refractivity contribution in [2.75, 3.05) is 0 Å². The summed E-state index contributed by atoms with van der Waals surface area (Å²) in [6.07, 6.45) is 0. The minimum absolute atomic E-state index is 0.391. The van der Waals surface area contributed by atoms with Crippen molar-refractivity contribution in [2.24, 2.45) is 0 Å². The molecule has 0 atom stereocenters. The number of hydrogen-bond donors (Lipinski definition) is 0. The summed E-state index contributed by atoms with van der Waals surface area (Å²) in [5.74, 6) is 0. The van der Waals surface area contributed by atoms with Gasteiger partial charge >= 0.3 is 0 Å². The van der Waals surface area contributed by atoms with Crippen LogP contribution in [0.2, 0.25) is 0 Å². The maximum Gasteiger partial charge on any atom is 0.252 e. The van der Waals surface area contributed by atoms with Crippen LogP contribution in [-0.2, 0) is 0 Å². The van der Waals surface area contributed by atoms with E-state index >= 15 is 0 Å². The zero-order valence-electron chi connectivity index (χ0n) is 9.98. The van der Waals surface area contributed by atoms with Gasteiger partial charge in [-0.2, -0.15) is 0 Å². The third kappa shape index (κ3) is 4.83. The quantitative estimate of drug-likeness (QED) is 0.683. The maximum absolute atomic E-state index is 10.6. The highest BCUT2D eigenvalue weighted by molar-refractivity contribution is 6.67. The Balaban J connectivity index is 0.000000181. The molecule has 0 radical (unpaired) electrons. The average Bonchev–Trinajstić information content (AvgIpc) is 2.31. The topological polar surface area (TPSA) is 17.1 Å². The Morgan fingerprint density at radius 1 is 0.882 bits per heavy atom. The van der Waals surface area contributed by atoms with Crippen molar-refractivity contribution >= 4 is 16.8 Å². The Bertz CT molecular complexity index is 477. The second kappa shape index (κ2) is 6.87. The standard InChI is InChI=1S/C8H7ClO.C7H8/c1-6-4-2-3-5-7(6)8(9)10;1-7-5-3-2-4-6-7/h2-5H,1H3;2-6H,1H3. The minimum Gasteiger partial charge on any atom is -0.276 e. The molecule has 0 heterocycles. The van der Waals surface area contributed by atoms with E-state index in [-0.39, 0.29) is 0 Å². The molecule has 0 aliphatic rings. The summed E-state index contributed by atoms with van der Waals surface area (Å²) < 4.78 is 0. The van der Waals surface area contributed by atoms with Gasteiger partial charge in [-0.3, -0.25) is 4.79 Å². The Morgan fingerprint density at radius 3 is 1.76 bits per heavy atom. The number of carbonyl (C=O) groups is 1. The number of rotatable bonds is 1. The van der Waals surface area contributed by atoms with Crippen molar-refractivity contribution in [2.45, 2.75) is 13.8 Å². The van der Waals surface area contributed by atoms with Gasteiger partial charge in [0.2, 0.25) is 0 Å². The molecule has 88 valence electrons. The Kier molecular flexibility index (Phi) is 5.44. The Hall–Kier alpha value is -1.60. The molecule has 2 heteroatoms. The predicted molar refractivity (Wildman–Crippen MR) is 72.5 cm³/mol. The maximum atomic E-state index is 10.6. The second-order valence-electron chi connectivity index (χ2n) is 3.74. The van der Waals surface area contributed by atoms with Crippen molar-refractivity contribution in [3.63, 3.8) is 0 Å². The average molecular weight is 247 g/mol. The van der Waals surface area contributed by atoms with Gasteiger partial charge in [0.1, 0.15) is 0 Å². The Morgan fingerprint density at radius 2 is 1.41 bits per heavy atom. The molecule has 0 saturated carbocycles. The van der Waals surface area contributed by atoms with E-state index in [0.29, 0.717) is 5.56 Å². The van der Waals surface area contributed by atoms with Crippen LogP contribution in [0, 0.1) is 13.8 Å². The third-order valence-electron chi connectivity index (χ3n) is 2.30. The lowest BCUT2D eigenvalue weighted by Crippen LogP contribution is -1.90. The van der Waals surface area contributed by atoms with E-state index in [4.69, 9.17) is 11.6 Å². The first-order valence-corrected chi connectivity index (χ1v) is 5.76. The van der Waals surface area contributed by atoms with E-state index in [2.05, 4.69) is 19.1 Å². The molecule has 1 nitrogen and oxygen atoms in total. The summed E-state index contributed by atoms with van der Waals surface area (Å²) in [6.45, 7) is 3.94. The van der Waals surface area contributed by atoms with Gasteiger partial charge in [-0.15, -0.1) is 0 Å². The van der Waals surface area contributed by atoms with Crippen LogP contribution in [0.1, 0.15) is 21.5 Å². The molecule has 0 N–H and O–H groups in total. The molecule has 17 heavy (non-hydrogen) atoms. The zero-order valence-corrected chi connectivity index (χ0v) is 10.7. The molecule has 0 aromatic heterocycles. The molecule has 0 aliphatic carbocycles. The van der Waals surface area contributed by atoms with Crippen molar-refractivity contribution < 1.29 is 4.79 Å². The van der Waals surface area contributed by atoms with E-state index in [0.717, 1.165) is 5.56 Å². The second-order valence-corrected chi connectivity index (χ2v) is 4.09. The van der Waals surface area contributed by atoms with Gasteiger partial charge in [-0.25, -0.2) is 0 Å². The van der Waals surface area contributed by atoms with Gasteiger partial charge in [0, 0.05) is 5.56 Å². The molecular formula is C15H15ClO. The molecule has 2 rings (SSSR count). The lowest BCUT2D eigenvalue weighted by molar-refractivity contribution is 0.108. The molecule has 0 saturated heterocycles. The number of hydrogen-bond acceptors (Lipinski definition) is 1. The summed E-state index contributed by atoms with van der Waals surface area (Å²) in [4.78, 5) is 10.6. The van der Waals surface area contributed by atoms with E-state index < -0.39 is 5.24 Å². The summed E-state index contributed by atoms with van der Waals surface area (Å²) in [6, 6.07) is 17.5. The highest BCUT2D eigenvalue weighted by atomic mass is 35.5. The minimum atomic E-state index is -0.391. The molecule has 0 fully saturated rings. The van der Waals surface area contributed by atoms with Gasteiger partial charge in [0.05, 0.1) is 0 Å². The van der Waals surface area contributed by atoms with E-state index in [1.807, 2.05) is 37.3 Å². The van der Waals surface area contributed by atoms with Crippen LogP contribution in [0.25, 0.3) is 0 Å².